The molecule has 0 aliphatic carbocycles. The summed E-state index contributed by atoms with van der Waals surface area (Å²) in [6, 6.07) is 14.9. The molecule has 4 aromatic rings. The summed E-state index contributed by atoms with van der Waals surface area (Å²) in [6.45, 7) is 2.44. The molecule has 0 N–H and O–H groups in total. The molecule has 0 bridgehead atoms. The van der Waals surface area contributed by atoms with Crippen molar-refractivity contribution in [3.8, 4) is 33.5 Å². The highest BCUT2D eigenvalue weighted by Crippen LogP contribution is 2.34. The van der Waals surface area contributed by atoms with Crippen LogP contribution in [0.5, 0.6) is 11.5 Å². The third-order valence-electron chi connectivity index (χ3n) is 4.57. The predicted octanol–water partition coefficient (Wildman–Crippen LogP) is 4.99. The third kappa shape index (κ3) is 5.17. The molecule has 4 rings (SSSR count). The molecule has 0 unspecified atom stereocenters. The van der Waals surface area contributed by atoms with Crippen LogP contribution >= 0.6 is 11.3 Å². The van der Waals surface area contributed by atoms with E-state index < -0.39 is 9.84 Å². The number of rotatable bonds is 9. The molecule has 166 valence electrons. The lowest BCUT2D eigenvalue weighted by Crippen LogP contribution is -2.08. The van der Waals surface area contributed by atoms with E-state index in [-0.39, 0.29) is 11.5 Å². The topological polar surface area (TPSA) is 91.5 Å². The fourth-order valence-electron chi connectivity index (χ4n) is 3.17. The minimum absolute atomic E-state index is 0.175. The Balaban J connectivity index is 1.46. The molecule has 7 nitrogen and oxygen atoms in total. The Bertz CT molecular complexity index is 1300. The molecule has 0 atom stereocenters. The van der Waals surface area contributed by atoms with Crippen LogP contribution in [0, 0.1) is 0 Å². The van der Waals surface area contributed by atoms with Crippen LogP contribution in [-0.4, -0.2) is 32.1 Å². The molecule has 0 aliphatic rings. The van der Waals surface area contributed by atoms with E-state index in [1.807, 2.05) is 55.5 Å². The molecule has 0 spiro atoms. The summed E-state index contributed by atoms with van der Waals surface area (Å²) in [5, 5.41) is 2.47. The highest BCUT2D eigenvalue weighted by molar-refractivity contribution is 7.89. The van der Waals surface area contributed by atoms with E-state index in [0.29, 0.717) is 40.4 Å². The SMILES string of the molecule is CCOc1ccc(-c2nc(CS(=O)(=O)Cc3coc(-c4ccccc4)n3)cs2)cc1OC. The van der Waals surface area contributed by atoms with Gasteiger partial charge in [0.2, 0.25) is 5.89 Å². The Hall–Kier alpha value is -3.17. The van der Waals surface area contributed by atoms with Crippen molar-refractivity contribution in [1.82, 2.24) is 9.97 Å². The number of nitrogens with zero attached hydrogens (tertiary/aromatic N) is 2. The summed E-state index contributed by atoms with van der Waals surface area (Å²) in [5.74, 6) is 1.27. The van der Waals surface area contributed by atoms with Crippen LogP contribution in [0.3, 0.4) is 0 Å². The average molecular weight is 471 g/mol. The first kappa shape index (κ1) is 22.0. The summed E-state index contributed by atoms with van der Waals surface area (Å²) in [7, 11) is -1.90. The zero-order valence-corrected chi connectivity index (χ0v) is 19.3. The second-order valence-electron chi connectivity index (χ2n) is 6.98. The molecule has 0 radical (unpaired) electrons. The van der Waals surface area contributed by atoms with Crippen molar-refractivity contribution in [2.45, 2.75) is 18.4 Å². The van der Waals surface area contributed by atoms with Crippen LogP contribution in [-0.2, 0) is 21.3 Å². The third-order valence-corrected chi connectivity index (χ3v) is 6.98. The summed E-state index contributed by atoms with van der Waals surface area (Å²) in [4.78, 5) is 8.82. The lowest BCUT2D eigenvalue weighted by Gasteiger charge is -2.09. The van der Waals surface area contributed by atoms with Gasteiger partial charge in [-0.2, -0.15) is 0 Å². The van der Waals surface area contributed by atoms with Gasteiger partial charge in [0.15, 0.2) is 21.3 Å². The van der Waals surface area contributed by atoms with E-state index in [4.69, 9.17) is 13.9 Å². The quantitative estimate of drug-likeness (QED) is 0.340. The number of sulfone groups is 1. The van der Waals surface area contributed by atoms with Gasteiger partial charge in [-0.05, 0) is 37.3 Å². The molecule has 2 aromatic heterocycles. The molecular weight excluding hydrogens is 448 g/mol. The van der Waals surface area contributed by atoms with Crippen LogP contribution in [0.4, 0.5) is 0 Å². The van der Waals surface area contributed by atoms with E-state index in [0.717, 1.165) is 11.1 Å². The van der Waals surface area contributed by atoms with Gasteiger partial charge in [0.25, 0.3) is 0 Å². The van der Waals surface area contributed by atoms with Gasteiger partial charge in [0.05, 0.1) is 36.6 Å². The van der Waals surface area contributed by atoms with E-state index >= 15 is 0 Å². The first-order valence-electron chi connectivity index (χ1n) is 9.93. The number of methoxy groups -OCH3 is 1. The smallest absolute Gasteiger partial charge is 0.226 e. The second kappa shape index (κ2) is 9.54. The van der Waals surface area contributed by atoms with Crippen molar-refractivity contribution in [1.29, 1.82) is 0 Å². The summed E-state index contributed by atoms with van der Waals surface area (Å²) in [6.07, 6.45) is 1.39. The molecule has 2 aromatic carbocycles. The van der Waals surface area contributed by atoms with Crippen LogP contribution in [0.25, 0.3) is 22.0 Å². The van der Waals surface area contributed by atoms with Gasteiger partial charge in [-0.25, -0.2) is 18.4 Å². The molecular formula is C23H22N2O5S2. The van der Waals surface area contributed by atoms with E-state index in [9.17, 15) is 8.42 Å². The Labute approximate surface area is 190 Å². The normalized spacial score (nSPS) is 11.4. The minimum Gasteiger partial charge on any atom is -0.493 e. The van der Waals surface area contributed by atoms with Crippen molar-refractivity contribution in [2.24, 2.45) is 0 Å². The van der Waals surface area contributed by atoms with Crippen molar-refractivity contribution in [3.05, 3.63) is 71.6 Å². The molecule has 0 amide bonds. The Kier molecular flexibility index (Phi) is 6.57. The van der Waals surface area contributed by atoms with Crippen LogP contribution < -0.4 is 9.47 Å². The first-order valence-corrected chi connectivity index (χ1v) is 12.6. The number of hydrogen-bond acceptors (Lipinski definition) is 8. The molecule has 9 heteroatoms. The number of aromatic nitrogens is 2. The highest BCUT2D eigenvalue weighted by atomic mass is 32.2. The van der Waals surface area contributed by atoms with Crippen molar-refractivity contribution >= 4 is 21.2 Å². The monoisotopic (exact) mass is 470 g/mol. The molecule has 0 saturated heterocycles. The maximum atomic E-state index is 12.7. The average Bonchev–Trinajstić information content (AvgIpc) is 3.44. The standard InChI is InChI=1S/C23H22N2O5S2/c1-3-29-20-10-9-17(11-21(20)28-2)23-25-19(13-31-23)15-32(26,27)14-18-12-30-22(24-18)16-7-5-4-6-8-16/h4-13H,3,14-15H2,1-2H3. The maximum absolute atomic E-state index is 12.7. The lowest BCUT2D eigenvalue weighted by atomic mass is 10.2. The molecule has 0 aliphatic heterocycles. The molecule has 2 heterocycles. The molecule has 0 fully saturated rings. The Morgan fingerprint density at radius 2 is 1.75 bits per heavy atom. The number of benzene rings is 2. The van der Waals surface area contributed by atoms with Gasteiger partial charge < -0.3 is 13.9 Å². The van der Waals surface area contributed by atoms with Crippen LogP contribution in [0.15, 0.2) is 64.6 Å². The van der Waals surface area contributed by atoms with Crippen molar-refractivity contribution in [3.63, 3.8) is 0 Å². The van der Waals surface area contributed by atoms with Gasteiger partial charge in [0, 0.05) is 16.5 Å². The zero-order valence-electron chi connectivity index (χ0n) is 17.6. The second-order valence-corrected chi connectivity index (χ2v) is 9.91. The number of thiazole rings is 1. The summed E-state index contributed by atoms with van der Waals surface area (Å²) >= 11 is 1.38. The van der Waals surface area contributed by atoms with Gasteiger partial charge >= 0.3 is 0 Å². The lowest BCUT2D eigenvalue weighted by molar-refractivity contribution is 0.311. The van der Waals surface area contributed by atoms with E-state index in [1.165, 1.54) is 17.6 Å². The van der Waals surface area contributed by atoms with E-state index in [1.54, 1.807) is 12.5 Å². The highest BCUT2D eigenvalue weighted by Gasteiger charge is 2.19. The minimum atomic E-state index is -3.48. The fraction of sp³-hybridized carbons (Fsp3) is 0.217. The van der Waals surface area contributed by atoms with Crippen molar-refractivity contribution < 1.29 is 22.3 Å². The number of hydrogen-bond donors (Lipinski definition) is 0. The fourth-order valence-corrected chi connectivity index (χ4v) is 5.38. The van der Waals surface area contributed by atoms with Gasteiger partial charge in [-0.1, -0.05) is 18.2 Å². The van der Waals surface area contributed by atoms with Crippen molar-refractivity contribution in [2.75, 3.05) is 13.7 Å². The number of oxazole rings is 1. The van der Waals surface area contributed by atoms with Gasteiger partial charge in [0.1, 0.15) is 11.3 Å². The van der Waals surface area contributed by atoms with Crippen LogP contribution in [0.2, 0.25) is 0 Å². The van der Waals surface area contributed by atoms with Gasteiger partial charge in [-0.15, -0.1) is 11.3 Å². The van der Waals surface area contributed by atoms with Crippen LogP contribution in [0.1, 0.15) is 18.3 Å². The predicted molar refractivity (Wildman–Crippen MR) is 124 cm³/mol. The first-order chi connectivity index (χ1) is 15.5. The zero-order chi connectivity index (χ0) is 22.6. The van der Waals surface area contributed by atoms with E-state index in [2.05, 4.69) is 9.97 Å². The summed E-state index contributed by atoms with van der Waals surface area (Å²) < 4.78 is 41.8. The molecule has 0 saturated carbocycles. The molecule has 32 heavy (non-hydrogen) atoms. The maximum Gasteiger partial charge on any atom is 0.226 e. The Morgan fingerprint density at radius 3 is 2.50 bits per heavy atom. The Morgan fingerprint density at radius 1 is 0.969 bits per heavy atom. The largest absolute Gasteiger partial charge is 0.493 e. The summed E-state index contributed by atoms with van der Waals surface area (Å²) in [5.41, 5.74) is 2.49. The van der Waals surface area contributed by atoms with Gasteiger partial charge in [-0.3, -0.25) is 0 Å². The number of ether oxygens (including phenoxy) is 2.